The molecule has 0 heterocycles. The van der Waals surface area contributed by atoms with Crippen LogP contribution in [0.2, 0.25) is 16.6 Å². The van der Waals surface area contributed by atoms with E-state index in [0.29, 0.717) is 41.8 Å². The first-order valence-electron chi connectivity index (χ1n) is 19.4. The second-order valence-corrected chi connectivity index (χ2v) is 22.8. The van der Waals surface area contributed by atoms with Crippen molar-refractivity contribution >= 4 is 33.6 Å². The van der Waals surface area contributed by atoms with E-state index >= 15 is 0 Å². The minimum Gasteiger partial charge on any atom is -0.466 e. The van der Waals surface area contributed by atoms with Gasteiger partial charge in [-0.25, -0.2) is 9.59 Å². The summed E-state index contributed by atoms with van der Waals surface area (Å²) in [5.74, 6) is -0.845. The first kappa shape index (κ1) is 50.6. The van der Waals surface area contributed by atoms with Crippen LogP contribution in [-0.2, 0) is 41.9 Å². The van der Waals surface area contributed by atoms with Gasteiger partial charge in [0, 0.05) is 51.2 Å². The van der Waals surface area contributed by atoms with Gasteiger partial charge >= 0.3 is 19.5 Å². The molecule has 0 aromatic rings. The van der Waals surface area contributed by atoms with E-state index in [1.165, 1.54) is 33.5 Å². The van der Waals surface area contributed by atoms with Crippen molar-refractivity contribution in [3.05, 3.63) is 59.8 Å². The molecule has 11 heteroatoms. The maximum atomic E-state index is 12.9. The number of ketones is 1. The third kappa shape index (κ3) is 19.2. The molecule has 0 aliphatic carbocycles. The Balaban J connectivity index is 5.61. The molecule has 0 aliphatic rings. The molecule has 0 amide bonds. The summed E-state index contributed by atoms with van der Waals surface area (Å²) in [7, 11) is -1.51. The van der Waals surface area contributed by atoms with E-state index < -0.39 is 34.0 Å². The third-order valence-electron chi connectivity index (χ3n) is 10.00. The molecule has 9 nitrogen and oxygen atoms in total. The van der Waals surface area contributed by atoms with Crippen molar-refractivity contribution in [2.24, 2.45) is 11.8 Å². The van der Waals surface area contributed by atoms with Crippen molar-refractivity contribution in [1.82, 2.24) is 0 Å². The number of carbonyl (C=O) groups excluding carboxylic acids is 3. The number of unbranched alkanes of at least 4 members (excludes halogenated alkanes) is 1. The summed E-state index contributed by atoms with van der Waals surface area (Å²) in [5.41, 5.74) is 3.59. The van der Waals surface area contributed by atoms with E-state index in [1.807, 2.05) is 26.8 Å². The van der Waals surface area contributed by atoms with E-state index in [-0.39, 0.29) is 30.4 Å². The van der Waals surface area contributed by atoms with Gasteiger partial charge in [0.1, 0.15) is 18.0 Å². The number of rotatable bonds is 27. The predicted octanol–water partition coefficient (Wildman–Crippen LogP) is 11.3. The average Bonchev–Trinajstić information content (AvgIpc) is 3.09. The molecule has 0 aromatic carbocycles. The Kier molecular flexibility index (Phi) is 25.3. The summed E-state index contributed by atoms with van der Waals surface area (Å²) >= 11 is 0. The molecule has 0 radical (unpaired) electrons. The lowest BCUT2D eigenvalue weighted by molar-refractivity contribution is -0.144. The van der Waals surface area contributed by atoms with Crippen LogP contribution in [0.25, 0.3) is 0 Å². The molecule has 0 aliphatic heterocycles. The van der Waals surface area contributed by atoms with Crippen LogP contribution in [0.15, 0.2) is 59.8 Å². The fourth-order valence-electron chi connectivity index (χ4n) is 6.99. The third-order valence-corrected chi connectivity index (χ3v) is 18.0. The first-order chi connectivity index (χ1) is 24.8. The number of hydrogen-bond acceptors (Lipinski definition) is 9. The van der Waals surface area contributed by atoms with E-state index in [1.54, 1.807) is 12.2 Å². The molecule has 53 heavy (non-hydrogen) atoms. The molecular formula is C42H73O9PSi. The molecule has 0 aromatic heterocycles. The largest absolute Gasteiger partial charge is 0.466 e. The van der Waals surface area contributed by atoms with Gasteiger partial charge < -0.3 is 22.9 Å². The highest BCUT2D eigenvalue weighted by molar-refractivity contribution is 7.54. The number of allylic oxidation sites excluding steroid dienone is 6. The van der Waals surface area contributed by atoms with Gasteiger partial charge in [0.2, 0.25) is 8.32 Å². The summed E-state index contributed by atoms with van der Waals surface area (Å²) in [4.78, 5) is 36.7. The fourth-order valence-corrected chi connectivity index (χ4v) is 13.7. The lowest BCUT2D eigenvalue weighted by Gasteiger charge is -2.45. The first-order valence-corrected chi connectivity index (χ1v) is 23.2. The number of methoxy groups -OCH3 is 1. The van der Waals surface area contributed by atoms with Gasteiger partial charge in [-0.05, 0) is 68.5 Å². The number of ether oxygens (including phenoxy) is 2. The van der Waals surface area contributed by atoms with Crippen molar-refractivity contribution in [3.8, 4) is 0 Å². The molecule has 0 saturated carbocycles. The highest BCUT2D eigenvalue weighted by atomic mass is 31.2. The lowest BCUT2D eigenvalue weighted by atomic mass is 9.95. The van der Waals surface area contributed by atoms with Gasteiger partial charge in [0.15, 0.2) is 0 Å². The summed E-state index contributed by atoms with van der Waals surface area (Å²) in [5, 5.41) is 0. The van der Waals surface area contributed by atoms with Gasteiger partial charge in [-0.1, -0.05) is 110 Å². The molecular weight excluding hydrogens is 708 g/mol. The second kappa shape index (κ2) is 26.4. The second-order valence-electron chi connectivity index (χ2n) is 15.2. The number of Topliss-reactive ketones (excluding diaryl/α,β-unsaturated/α-hetero) is 1. The highest BCUT2D eigenvalue weighted by Gasteiger charge is 2.46. The highest BCUT2D eigenvalue weighted by Crippen LogP contribution is 2.46. The van der Waals surface area contributed by atoms with Gasteiger partial charge in [0.25, 0.3) is 0 Å². The van der Waals surface area contributed by atoms with Crippen LogP contribution in [-0.4, -0.2) is 65.7 Å². The van der Waals surface area contributed by atoms with E-state index in [9.17, 15) is 18.9 Å². The smallest absolute Gasteiger partial charge is 0.337 e. The number of esters is 2. The molecule has 304 valence electrons. The minimum atomic E-state index is -3.39. The van der Waals surface area contributed by atoms with Crippen LogP contribution in [0.4, 0.5) is 0 Å². The quantitative estimate of drug-likeness (QED) is 0.0201. The van der Waals surface area contributed by atoms with E-state index in [0.717, 1.165) is 30.4 Å². The summed E-state index contributed by atoms with van der Waals surface area (Å²) < 4.78 is 39.6. The van der Waals surface area contributed by atoms with Crippen LogP contribution in [0.1, 0.15) is 121 Å². The van der Waals surface area contributed by atoms with Crippen LogP contribution in [0.5, 0.6) is 0 Å². The average molecular weight is 781 g/mol. The van der Waals surface area contributed by atoms with Crippen molar-refractivity contribution in [3.63, 3.8) is 0 Å². The number of carbonyl (C=O) groups is 3. The minimum absolute atomic E-state index is 0.151. The topological polar surface area (TPSA) is 114 Å². The summed E-state index contributed by atoms with van der Waals surface area (Å²) in [6.45, 7) is 24.5. The van der Waals surface area contributed by atoms with Crippen LogP contribution in [0.3, 0.4) is 0 Å². The Labute approximate surface area is 323 Å². The number of hydrogen-bond donors (Lipinski definition) is 0. The van der Waals surface area contributed by atoms with Crippen molar-refractivity contribution < 1.29 is 41.9 Å². The molecule has 0 bridgehead atoms. The van der Waals surface area contributed by atoms with Crippen LogP contribution in [0, 0.1) is 11.8 Å². The van der Waals surface area contributed by atoms with Gasteiger partial charge in [-0.15, -0.1) is 0 Å². The normalized spacial score (nSPS) is 15.9. The van der Waals surface area contributed by atoms with Crippen LogP contribution >= 0.6 is 7.60 Å². The maximum absolute atomic E-state index is 12.9. The molecule has 0 spiro atoms. The van der Waals surface area contributed by atoms with E-state index in [2.05, 4.69) is 73.6 Å². The summed E-state index contributed by atoms with van der Waals surface area (Å²) in [6, 6.07) is 0. The lowest BCUT2D eigenvalue weighted by Crippen LogP contribution is -2.51. The standard InChI is InChI=1S/C42H73O9PSi/c1-15-39(51-53(31(2)3,32(4)5)33(6)7)36(10)23-19-16-18-22-34(8)29-40(37(11)28-35(9)26-27-41(44)47-12)50-42(45)25-21-17-20-24-38(43)30-52(46,48-13)49-14/h16,18,21-22,25-28,31-33,36-37,39-40H,15,17,19-20,23-24,29-30H2,1-14H3/b18-16+,25-21+,27-26+,34-22+,35-28+/t36-,37-,39-,40-/m1/s1. The van der Waals surface area contributed by atoms with Gasteiger partial charge in [-0.2, -0.15) is 0 Å². The zero-order chi connectivity index (χ0) is 40.8. The van der Waals surface area contributed by atoms with Crippen molar-refractivity contribution in [2.75, 3.05) is 27.5 Å². The molecule has 4 atom stereocenters. The van der Waals surface area contributed by atoms with Crippen molar-refractivity contribution in [1.29, 1.82) is 0 Å². The molecule has 0 fully saturated rings. The zero-order valence-corrected chi connectivity index (χ0v) is 37.3. The van der Waals surface area contributed by atoms with Crippen LogP contribution < -0.4 is 0 Å². The Morgan fingerprint density at radius 1 is 0.774 bits per heavy atom. The zero-order valence-electron chi connectivity index (χ0n) is 35.4. The Hall–Kier alpha value is -2.36. The van der Waals surface area contributed by atoms with E-state index in [4.69, 9.17) is 22.9 Å². The molecule has 0 unspecified atom stereocenters. The fraction of sp³-hybridized carbons (Fsp3) is 0.690. The SMILES string of the molecule is CC[C@@H](O[Si](C(C)C)(C(C)C)C(C)C)[C@H](C)CC/C=C/C=C(\C)C[C@@H](OC(=O)/C=C/CCCC(=O)CP(=O)(OC)OC)[C@H](C)/C=C(C)/C=C/C(=O)OC. The van der Waals surface area contributed by atoms with Gasteiger partial charge in [-0.3, -0.25) is 9.36 Å². The molecule has 0 rings (SSSR count). The Morgan fingerprint density at radius 3 is 1.91 bits per heavy atom. The maximum Gasteiger partial charge on any atom is 0.337 e. The predicted molar refractivity (Wildman–Crippen MR) is 221 cm³/mol. The van der Waals surface area contributed by atoms with Gasteiger partial charge in [0.05, 0.1) is 7.11 Å². The molecule has 0 saturated heterocycles. The summed E-state index contributed by atoms with van der Waals surface area (Å²) in [6.07, 6.45) is 18.6. The van der Waals surface area contributed by atoms with Crippen molar-refractivity contribution in [2.45, 2.75) is 150 Å². The molecule has 0 N–H and O–H groups in total. The monoisotopic (exact) mass is 780 g/mol. The Bertz CT molecular complexity index is 1280. The Morgan fingerprint density at radius 2 is 1.38 bits per heavy atom.